The van der Waals surface area contributed by atoms with Crippen molar-refractivity contribution < 1.29 is 14.7 Å². The Morgan fingerprint density at radius 2 is 2.20 bits per heavy atom. The van der Waals surface area contributed by atoms with Gasteiger partial charge in [0.15, 0.2) is 0 Å². The molecule has 7 nitrogen and oxygen atoms in total. The Labute approximate surface area is 144 Å². The molecule has 1 aliphatic carbocycles. The molecule has 0 radical (unpaired) electrons. The summed E-state index contributed by atoms with van der Waals surface area (Å²) in [5, 5.41) is 9.42. The first kappa shape index (κ1) is 16.6. The first-order chi connectivity index (χ1) is 12.0. The predicted octanol–water partition coefficient (Wildman–Crippen LogP) is 2.30. The van der Waals surface area contributed by atoms with E-state index in [-0.39, 0.29) is 23.9 Å². The van der Waals surface area contributed by atoms with E-state index in [1.807, 2.05) is 0 Å². The highest BCUT2D eigenvalue weighted by Gasteiger charge is 2.29. The highest BCUT2D eigenvalue weighted by atomic mass is 16.3. The molecule has 2 aliphatic rings. The van der Waals surface area contributed by atoms with Crippen molar-refractivity contribution in [2.75, 3.05) is 6.54 Å². The molecule has 1 aromatic rings. The Bertz CT molecular complexity index is 842. The summed E-state index contributed by atoms with van der Waals surface area (Å²) >= 11 is 0. The highest BCUT2D eigenvalue weighted by Crippen LogP contribution is 2.23. The minimum absolute atomic E-state index is 0.0257. The number of nitrogens with zero attached hydrogens (tertiary/aromatic N) is 3. The molecule has 25 heavy (non-hydrogen) atoms. The summed E-state index contributed by atoms with van der Waals surface area (Å²) in [7, 11) is 0. The van der Waals surface area contributed by atoms with E-state index < -0.39 is 0 Å². The standard InChI is InChI=1S/C18H18N4O3/c1-12(23)10-22-17(7-4-14-9-19-11-20-14)21-16(18(22)25)8-13-2-5-15(24)6-3-13/h2,4-5,7-9,11,24H,3,6,10H2,1H3,(H,19,20)/b7-4+,16-8-. The second-order valence-electron chi connectivity index (χ2n) is 5.83. The average molecular weight is 338 g/mol. The molecular weight excluding hydrogens is 320 g/mol. The third-order valence-electron chi connectivity index (χ3n) is 3.77. The number of allylic oxidation sites excluding steroid dienone is 5. The molecule has 0 fully saturated rings. The van der Waals surface area contributed by atoms with Gasteiger partial charge in [0.2, 0.25) is 0 Å². The van der Waals surface area contributed by atoms with Gasteiger partial charge in [-0.25, -0.2) is 9.98 Å². The Morgan fingerprint density at radius 3 is 2.84 bits per heavy atom. The first-order valence-electron chi connectivity index (χ1n) is 7.90. The van der Waals surface area contributed by atoms with Gasteiger partial charge in [0.05, 0.1) is 30.5 Å². The van der Waals surface area contributed by atoms with Crippen LogP contribution in [-0.2, 0) is 9.59 Å². The van der Waals surface area contributed by atoms with Gasteiger partial charge in [0.25, 0.3) is 5.91 Å². The number of aliphatic hydroxyl groups excluding tert-OH is 1. The van der Waals surface area contributed by atoms with Crippen LogP contribution in [0.25, 0.3) is 6.08 Å². The van der Waals surface area contributed by atoms with Crippen molar-refractivity contribution in [1.82, 2.24) is 14.9 Å². The van der Waals surface area contributed by atoms with Crippen LogP contribution in [0.2, 0.25) is 0 Å². The number of rotatable bonds is 5. The number of aromatic nitrogens is 2. The van der Waals surface area contributed by atoms with Gasteiger partial charge < -0.3 is 10.1 Å². The zero-order chi connectivity index (χ0) is 17.8. The summed E-state index contributed by atoms with van der Waals surface area (Å²) in [6, 6.07) is 0. The maximum atomic E-state index is 12.6. The number of amidine groups is 1. The van der Waals surface area contributed by atoms with E-state index in [2.05, 4.69) is 15.0 Å². The van der Waals surface area contributed by atoms with Crippen LogP contribution in [0.1, 0.15) is 25.5 Å². The molecule has 0 atom stereocenters. The van der Waals surface area contributed by atoms with Gasteiger partial charge in [-0.1, -0.05) is 6.08 Å². The van der Waals surface area contributed by atoms with E-state index in [0.717, 1.165) is 11.3 Å². The van der Waals surface area contributed by atoms with Gasteiger partial charge in [0, 0.05) is 6.42 Å². The summed E-state index contributed by atoms with van der Waals surface area (Å²) in [6.07, 6.45) is 12.9. The third-order valence-corrected chi connectivity index (χ3v) is 3.77. The van der Waals surface area contributed by atoms with Crippen LogP contribution >= 0.6 is 0 Å². The summed E-state index contributed by atoms with van der Waals surface area (Å²) in [5.74, 6) is 0.307. The maximum Gasteiger partial charge on any atom is 0.278 e. The zero-order valence-electron chi connectivity index (χ0n) is 13.8. The second-order valence-corrected chi connectivity index (χ2v) is 5.83. The van der Waals surface area contributed by atoms with Crippen molar-refractivity contribution in [3.05, 3.63) is 59.6 Å². The number of imidazole rings is 1. The van der Waals surface area contributed by atoms with Crippen LogP contribution < -0.4 is 0 Å². The number of nitrogens with one attached hydrogen (secondary N) is 1. The number of hydrogen-bond donors (Lipinski definition) is 2. The zero-order valence-corrected chi connectivity index (χ0v) is 13.8. The molecule has 0 aromatic carbocycles. The molecule has 2 N–H and O–H groups in total. The van der Waals surface area contributed by atoms with Crippen LogP contribution in [0.4, 0.5) is 0 Å². The maximum absolute atomic E-state index is 12.6. The molecule has 3 rings (SSSR count). The monoisotopic (exact) mass is 338 g/mol. The van der Waals surface area contributed by atoms with Gasteiger partial charge >= 0.3 is 0 Å². The molecule has 0 spiro atoms. The molecule has 0 bridgehead atoms. The number of H-pyrrole nitrogens is 1. The molecule has 1 amide bonds. The van der Waals surface area contributed by atoms with Crippen LogP contribution in [0.15, 0.2) is 58.8 Å². The molecular formula is C18H18N4O3. The van der Waals surface area contributed by atoms with Gasteiger partial charge in [-0.05, 0) is 43.2 Å². The van der Waals surface area contributed by atoms with Crippen LogP contribution in [0.5, 0.6) is 0 Å². The fraction of sp³-hybridized carbons (Fsp3) is 0.222. The number of carbonyl (C=O) groups excluding carboxylic acids is 2. The number of Topliss-reactive ketones (excluding diaryl/α,β-unsaturated/α-hetero) is 1. The van der Waals surface area contributed by atoms with E-state index in [0.29, 0.717) is 24.4 Å². The number of aliphatic hydroxyl groups is 1. The Kier molecular flexibility index (Phi) is 4.74. The van der Waals surface area contributed by atoms with Crippen molar-refractivity contribution in [2.45, 2.75) is 19.8 Å². The lowest BCUT2D eigenvalue weighted by Gasteiger charge is -2.14. The van der Waals surface area contributed by atoms with Gasteiger partial charge in [-0.15, -0.1) is 0 Å². The summed E-state index contributed by atoms with van der Waals surface area (Å²) in [4.78, 5) is 36.7. The van der Waals surface area contributed by atoms with Gasteiger partial charge in [-0.2, -0.15) is 0 Å². The topological polar surface area (TPSA) is 98.7 Å². The van der Waals surface area contributed by atoms with Gasteiger partial charge in [0.1, 0.15) is 17.3 Å². The highest BCUT2D eigenvalue weighted by molar-refractivity contribution is 6.18. The number of aromatic amines is 1. The number of aliphatic imine (C=N–C) groups is 1. The number of amides is 1. The Hall–Kier alpha value is -3.22. The van der Waals surface area contributed by atoms with Crippen molar-refractivity contribution >= 4 is 23.6 Å². The molecule has 1 aromatic heterocycles. The Balaban J connectivity index is 1.89. The first-order valence-corrected chi connectivity index (χ1v) is 7.90. The van der Waals surface area contributed by atoms with E-state index in [4.69, 9.17) is 0 Å². The molecule has 7 heteroatoms. The number of carbonyl (C=O) groups is 2. The molecule has 0 saturated heterocycles. The lowest BCUT2D eigenvalue weighted by molar-refractivity contribution is -0.127. The predicted molar refractivity (Wildman–Crippen MR) is 93.6 cm³/mol. The van der Waals surface area contributed by atoms with Crippen LogP contribution in [0, 0.1) is 0 Å². The molecule has 2 heterocycles. The molecule has 128 valence electrons. The minimum atomic E-state index is -0.306. The van der Waals surface area contributed by atoms with Crippen molar-refractivity contribution in [3.63, 3.8) is 0 Å². The summed E-state index contributed by atoms with van der Waals surface area (Å²) < 4.78 is 0. The van der Waals surface area contributed by atoms with Crippen LogP contribution in [-0.4, -0.2) is 44.0 Å². The summed E-state index contributed by atoms with van der Waals surface area (Å²) in [6.45, 7) is 1.41. The normalized spacial score (nSPS) is 19.4. The minimum Gasteiger partial charge on any atom is -0.512 e. The second kappa shape index (κ2) is 7.12. The smallest absolute Gasteiger partial charge is 0.278 e. The van der Waals surface area contributed by atoms with E-state index >= 15 is 0 Å². The fourth-order valence-electron chi connectivity index (χ4n) is 2.53. The molecule has 0 unspecified atom stereocenters. The lowest BCUT2D eigenvalue weighted by Crippen LogP contribution is -2.35. The Morgan fingerprint density at radius 1 is 1.36 bits per heavy atom. The molecule has 0 saturated carbocycles. The molecule has 1 aliphatic heterocycles. The van der Waals surface area contributed by atoms with Crippen LogP contribution in [0.3, 0.4) is 0 Å². The van der Waals surface area contributed by atoms with Crippen molar-refractivity contribution in [2.24, 2.45) is 4.99 Å². The number of ketones is 1. The SMILES string of the molecule is CC(=O)CN1C(=O)/C(=C/C2=CC=C(O)CC2)N=C1/C=C/c1cnc[nH]1. The van der Waals surface area contributed by atoms with E-state index in [1.54, 1.807) is 42.9 Å². The largest absolute Gasteiger partial charge is 0.512 e. The lowest BCUT2D eigenvalue weighted by atomic mass is 10.0. The average Bonchev–Trinajstić information content (AvgIpc) is 3.18. The van der Waals surface area contributed by atoms with E-state index in [1.165, 1.54) is 11.8 Å². The quantitative estimate of drug-likeness (QED) is 0.805. The van der Waals surface area contributed by atoms with E-state index in [9.17, 15) is 14.7 Å². The third kappa shape index (κ3) is 4.00. The summed E-state index contributed by atoms with van der Waals surface area (Å²) in [5.41, 5.74) is 1.96. The van der Waals surface area contributed by atoms with Crippen molar-refractivity contribution in [3.8, 4) is 0 Å². The number of hydrogen-bond acceptors (Lipinski definition) is 5. The van der Waals surface area contributed by atoms with Crippen molar-refractivity contribution in [1.29, 1.82) is 0 Å². The van der Waals surface area contributed by atoms with Gasteiger partial charge in [-0.3, -0.25) is 14.5 Å². The fourth-order valence-corrected chi connectivity index (χ4v) is 2.53.